The lowest BCUT2D eigenvalue weighted by Gasteiger charge is -2.04. The van der Waals surface area contributed by atoms with E-state index in [1.807, 2.05) is 0 Å². The van der Waals surface area contributed by atoms with Crippen LogP contribution >= 0.6 is 0 Å². The molecule has 0 amide bonds. The number of anilines is 1. The molecule has 0 aliphatic carbocycles. The summed E-state index contributed by atoms with van der Waals surface area (Å²) in [6.45, 7) is 2.18. The third-order valence-corrected chi connectivity index (χ3v) is 3.62. The van der Waals surface area contributed by atoms with Crippen LogP contribution in [-0.2, 0) is 6.42 Å². The highest BCUT2D eigenvalue weighted by Gasteiger charge is 2.01. The number of phenolic OH excluding ortho intramolecular Hbond substituents is 2. The molecule has 7 heteroatoms. The maximum absolute atomic E-state index is 9.49. The molecule has 2 aromatic heterocycles. The van der Waals surface area contributed by atoms with Gasteiger partial charge >= 0.3 is 0 Å². The van der Waals surface area contributed by atoms with Crippen LogP contribution < -0.4 is 5.73 Å². The Kier molecular flexibility index (Phi) is 6.36. The monoisotopic (exact) mass is 329 g/mol. The zero-order chi connectivity index (χ0) is 17.4. The predicted octanol–water partition coefficient (Wildman–Crippen LogP) is 3.16. The number of imidazole rings is 1. The van der Waals surface area contributed by atoms with Crippen LogP contribution in [0, 0.1) is 0 Å². The number of unbranched alkanes of at least 4 members (excludes halogenated alkanes) is 3. The maximum Gasteiger partial charge on any atom is 0.182 e. The van der Waals surface area contributed by atoms with Crippen molar-refractivity contribution >= 4 is 17.0 Å². The van der Waals surface area contributed by atoms with Gasteiger partial charge in [0.2, 0.25) is 0 Å². The van der Waals surface area contributed by atoms with Crippen LogP contribution in [0.5, 0.6) is 11.5 Å². The average molecular weight is 329 g/mol. The molecule has 0 spiro atoms. The molecule has 0 saturated heterocycles. The molecule has 1 aromatic carbocycles. The Labute approximate surface area is 140 Å². The number of rotatable bonds is 5. The molecule has 0 bridgehead atoms. The summed E-state index contributed by atoms with van der Waals surface area (Å²) in [5.74, 6) is 0.767. The van der Waals surface area contributed by atoms with Gasteiger partial charge in [-0.15, -0.1) is 0 Å². The number of H-pyrrole nitrogens is 1. The first-order valence-corrected chi connectivity index (χ1v) is 8.02. The minimum absolute atomic E-state index is 0.125. The number of nitrogens with one attached hydrogen (secondary N) is 1. The van der Waals surface area contributed by atoms with Gasteiger partial charge < -0.3 is 20.9 Å². The van der Waals surface area contributed by atoms with E-state index in [4.69, 9.17) is 10.8 Å². The van der Waals surface area contributed by atoms with E-state index in [0.29, 0.717) is 17.0 Å². The van der Waals surface area contributed by atoms with E-state index in [-0.39, 0.29) is 11.5 Å². The van der Waals surface area contributed by atoms with Gasteiger partial charge in [-0.05, 0) is 24.5 Å². The summed E-state index contributed by atoms with van der Waals surface area (Å²) in [6, 6.07) is 4.81. The number of nitrogens with two attached hydrogens (primary N) is 1. The molecule has 0 saturated carbocycles. The maximum atomic E-state index is 9.49. The molecule has 0 aliphatic heterocycles. The van der Waals surface area contributed by atoms with E-state index < -0.39 is 0 Å². The number of hydrogen-bond acceptors (Lipinski definition) is 6. The molecule has 5 N–H and O–H groups in total. The second-order valence-electron chi connectivity index (χ2n) is 5.48. The fraction of sp³-hybridized carbons (Fsp3) is 0.353. The lowest BCUT2D eigenvalue weighted by molar-refractivity contribution is 0.445. The van der Waals surface area contributed by atoms with Gasteiger partial charge in [0.15, 0.2) is 11.5 Å². The Bertz CT molecular complexity index is 773. The Balaban J connectivity index is 0.000000182. The Morgan fingerprint density at radius 2 is 1.92 bits per heavy atom. The molecule has 0 atom stereocenters. The van der Waals surface area contributed by atoms with E-state index >= 15 is 0 Å². The zero-order valence-corrected chi connectivity index (χ0v) is 13.7. The average Bonchev–Trinajstić information content (AvgIpc) is 3.04. The fourth-order valence-corrected chi connectivity index (χ4v) is 2.29. The third-order valence-electron chi connectivity index (χ3n) is 3.62. The van der Waals surface area contributed by atoms with Crippen molar-refractivity contribution in [2.45, 2.75) is 39.0 Å². The van der Waals surface area contributed by atoms with Crippen LogP contribution in [-0.4, -0.2) is 30.1 Å². The smallest absolute Gasteiger partial charge is 0.182 e. The lowest BCUT2D eigenvalue weighted by atomic mass is 10.1. The molecule has 128 valence electrons. The largest absolute Gasteiger partial charge is 0.508 e. The first-order chi connectivity index (χ1) is 11.6. The van der Waals surface area contributed by atoms with Crippen LogP contribution in [0.25, 0.3) is 11.2 Å². The summed E-state index contributed by atoms with van der Waals surface area (Å²) in [5, 5.41) is 18.6. The van der Waals surface area contributed by atoms with Crippen molar-refractivity contribution in [1.82, 2.24) is 19.9 Å². The molecule has 3 rings (SSSR count). The van der Waals surface area contributed by atoms with Crippen molar-refractivity contribution in [1.29, 1.82) is 0 Å². The Morgan fingerprint density at radius 1 is 1.08 bits per heavy atom. The van der Waals surface area contributed by atoms with Crippen LogP contribution in [0.15, 0.2) is 30.9 Å². The number of benzene rings is 1. The number of aromatic amines is 1. The first-order valence-electron chi connectivity index (χ1n) is 8.02. The summed E-state index contributed by atoms with van der Waals surface area (Å²) in [7, 11) is 0. The highest BCUT2D eigenvalue weighted by Crippen LogP contribution is 2.24. The number of aryl methyl sites for hydroxylation is 1. The highest BCUT2D eigenvalue weighted by molar-refractivity contribution is 5.80. The number of aromatic hydroxyl groups is 2. The van der Waals surface area contributed by atoms with Crippen LogP contribution in [0.4, 0.5) is 5.82 Å². The quantitative estimate of drug-likeness (QED) is 0.534. The van der Waals surface area contributed by atoms with Crippen molar-refractivity contribution in [3.05, 3.63) is 36.4 Å². The zero-order valence-electron chi connectivity index (χ0n) is 13.7. The van der Waals surface area contributed by atoms with E-state index in [2.05, 4.69) is 26.9 Å². The van der Waals surface area contributed by atoms with Crippen molar-refractivity contribution in [2.24, 2.45) is 0 Å². The van der Waals surface area contributed by atoms with Gasteiger partial charge in [-0.1, -0.05) is 32.3 Å². The number of phenols is 2. The van der Waals surface area contributed by atoms with Gasteiger partial charge in [-0.25, -0.2) is 15.0 Å². The molecule has 24 heavy (non-hydrogen) atoms. The SMILES string of the molecule is CCCCCCc1ccc(O)cc1O.Nc1ncnc2nc[nH]c12. The number of aromatic nitrogens is 4. The van der Waals surface area contributed by atoms with E-state index in [0.717, 1.165) is 18.4 Å². The van der Waals surface area contributed by atoms with Crippen molar-refractivity contribution < 1.29 is 10.2 Å². The normalized spacial score (nSPS) is 10.4. The molecule has 0 radical (unpaired) electrons. The van der Waals surface area contributed by atoms with Crippen molar-refractivity contribution in [2.75, 3.05) is 5.73 Å². The second-order valence-corrected chi connectivity index (χ2v) is 5.48. The summed E-state index contributed by atoms with van der Waals surface area (Å²) >= 11 is 0. The number of fused-ring (bicyclic) bond motifs is 1. The van der Waals surface area contributed by atoms with Crippen molar-refractivity contribution in [3.8, 4) is 11.5 Å². The minimum atomic E-state index is 0.125. The summed E-state index contributed by atoms with van der Waals surface area (Å²) < 4.78 is 0. The molecular formula is C17H23N5O2. The van der Waals surface area contributed by atoms with Gasteiger partial charge in [0.1, 0.15) is 23.3 Å². The van der Waals surface area contributed by atoms with Gasteiger partial charge in [0.05, 0.1) is 6.33 Å². The molecular weight excluding hydrogens is 306 g/mol. The third kappa shape index (κ3) is 4.84. The lowest BCUT2D eigenvalue weighted by Crippen LogP contribution is -1.91. The standard InChI is InChI=1S/C12H18O2.C5H5N5/c1-2-3-4-5-6-10-7-8-11(13)9-12(10)14;6-4-3-5(9-1-7-3)10-2-8-4/h7-9,13-14H,2-6H2,1H3;1-2H,(H3,6,7,8,9,10). The van der Waals surface area contributed by atoms with Crippen LogP contribution in [0.3, 0.4) is 0 Å². The molecule has 0 unspecified atom stereocenters. The molecule has 3 aromatic rings. The van der Waals surface area contributed by atoms with Gasteiger partial charge in [-0.2, -0.15) is 0 Å². The molecule has 2 heterocycles. The van der Waals surface area contributed by atoms with Gasteiger partial charge in [0.25, 0.3) is 0 Å². The molecule has 0 aliphatic rings. The number of hydrogen-bond donors (Lipinski definition) is 4. The van der Waals surface area contributed by atoms with E-state index in [1.54, 1.807) is 12.1 Å². The summed E-state index contributed by atoms with van der Waals surface area (Å²) in [5.41, 5.74) is 7.71. The Hall–Kier alpha value is -2.83. The van der Waals surface area contributed by atoms with E-state index in [9.17, 15) is 5.11 Å². The topological polar surface area (TPSA) is 121 Å². The number of nitrogens with zero attached hydrogens (tertiary/aromatic N) is 3. The minimum Gasteiger partial charge on any atom is -0.508 e. The van der Waals surface area contributed by atoms with Gasteiger partial charge in [-0.3, -0.25) is 0 Å². The summed E-state index contributed by atoms with van der Waals surface area (Å²) in [4.78, 5) is 14.4. The molecule has 0 fully saturated rings. The van der Waals surface area contributed by atoms with E-state index in [1.165, 1.54) is 38.0 Å². The second kappa shape index (κ2) is 8.71. The van der Waals surface area contributed by atoms with Crippen molar-refractivity contribution in [3.63, 3.8) is 0 Å². The highest BCUT2D eigenvalue weighted by atomic mass is 16.3. The predicted molar refractivity (Wildman–Crippen MR) is 93.7 cm³/mol. The Morgan fingerprint density at radius 3 is 2.62 bits per heavy atom. The molecule has 7 nitrogen and oxygen atoms in total. The van der Waals surface area contributed by atoms with Gasteiger partial charge in [0, 0.05) is 6.07 Å². The summed E-state index contributed by atoms with van der Waals surface area (Å²) in [6.07, 6.45) is 8.60. The number of nitrogen functional groups attached to an aromatic ring is 1. The van der Waals surface area contributed by atoms with Crippen LogP contribution in [0.1, 0.15) is 38.2 Å². The fourth-order valence-electron chi connectivity index (χ4n) is 2.29. The first kappa shape index (κ1) is 17.5. The van der Waals surface area contributed by atoms with Crippen LogP contribution in [0.2, 0.25) is 0 Å².